The largest absolute Gasteiger partial charge is 0.497 e. The number of nitrogens with zero attached hydrogens (tertiary/aromatic N) is 1. The summed E-state index contributed by atoms with van der Waals surface area (Å²) in [7, 11) is 1.66. The topological polar surface area (TPSA) is 40.0 Å². The molecule has 0 N–H and O–H groups in total. The minimum atomic E-state index is 0.537. The molecule has 0 spiro atoms. The number of hydrogen-bond acceptors (Lipinski definition) is 4. The summed E-state index contributed by atoms with van der Waals surface area (Å²) in [4.78, 5) is 4.40. The Morgan fingerprint density at radius 3 is 2.33 bits per heavy atom. The molecule has 4 heteroatoms. The lowest BCUT2D eigenvalue weighted by Gasteiger charge is -2.07. The van der Waals surface area contributed by atoms with Gasteiger partial charge in [-0.2, -0.15) is 0 Å². The number of benzene rings is 2. The maximum atomic E-state index is 5.79. The SMILES string of the molecule is CCOCCCN=Cc1ccc(OCc2ccc(OC)cc2)cc1. The Kier molecular flexibility index (Phi) is 7.84. The van der Waals surface area contributed by atoms with E-state index in [0.29, 0.717) is 6.61 Å². The van der Waals surface area contributed by atoms with Crippen molar-refractivity contribution in [3.8, 4) is 11.5 Å². The van der Waals surface area contributed by atoms with Gasteiger partial charge in [0.25, 0.3) is 0 Å². The number of ether oxygens (including phenoxy) is 3. The highest BCUT2D eigenvalue weighted by molar-refractivity contribution is 5.79. The third kappa shape index (κ3) is 6.42. The van der Waals surface area contributed by atoms with Crippen molar-refractivity contribution in [3.63, 3.8) is 0 Å². The van der Waals surface area contributed by atoms with Crippen LogP contribution in [0.1, 0.15) is 24.5 Å². The van der Waals surface area contributed by atoms with Gasteiger partial charge in [-0.1, -0.05) is 12.1 Å². The predicted octanol–water partition coefficient (Wildman–Crippen LogP) is 4.12. The van der Waals surface area contributed by atoms with Crippen LogP contribution in [0.2, 0.25) is 0 Å². The summed E-state index contributed by atoms with van der Waals surface area (Å²) < 4.78 is 16.2. The standard InChI is InChI=1S/C20H25NO3/c1-3-23-14-4-13-21-15-17-5-11-20(12-6-17)24-16-18-7-9-19(22-2)10-8-18/h5-12,15H,3-4,13-14,16H2,1-2H3. The normalized spacial score (nSPS) is 10.9. The molecule has 0 amide bonds. The summed E-state index contributed by atoms with van der Waals surface area (Å²) in [5, 5.41) is 0. The second-order valence-electron chi connectivity index (χ2n) is 5.29. The highest BCUT2D eigenvalue weighted by atomic mass is 16.5. The highest BCUT2D eigenvalue weighted by Crippen LogP contribution is 2.16. The zero-order chi connectivity index (χ0) is 17.0. The van der Waals surface area contributed by atoms with Gasteiger partial charge in [0.05, 0.1) is 7.11 Å². The molecule has 0 heterocycles. The average molecular weight is 327 g/mol. The van der Waals surface area contributed by atoms with Crippen molar-refractivity contribution in [2.24, 2.45) is 4.99 Å². The minimum Gasteiger partial charge on any atom is -0.497 e. The van der Waals surface area contributed by atoms with Gasteiger partial charge in [0.15, 0.2) is 0 Å². The molecular formula is C20H25NO3. The number of methoxy groups -OCH3 is 1. The van der Waals surface area contributed by atoms with Gasteiger partial charge in [-0.25, -0.2) is 0 Å². The quantitative estimate of drug-likeness (QED) is 0.487. The first-order chi connectivity index (χ1) is 11.8. The van der Waals surface area contributed by atoms with Crippen LogP contribution in [-0.2, 0) is 11.3 Å². The molecule has 24 heavy (non-hydrogen) atoms. The van der Waals surface area contributed by atoms with E-state index in [2.05, 4.69) is 4.99 Å². The van der Waals surface area contributed by atoms with Crippen LogP contribution in [0.15, 0.2) is 53.5 Å². The van der Waals surface area contributed by atoms with Crippen molar-refractivity contribution in [1.29, 1.82) is 0 Å². The first-order valence-electron chi connectivity index (χ1n) is 8.25. The first kappa shape index (κ1) is 18.0. The molecule has 0 radical (unpaired) electrons. The second-order valence-corrected chi connectivity index (χ2v) is 5.29. The summed E-state index contributed by atoms with van der Waals surface area (Å²) in [6.45, 7) is 4.86. The van der Waals surface area contributed by atoms with Gasteiger partial charge < -0.3 is 14.2 Å². The summed E-state index contributed by atoms with van der Waals surface area (Å²) in [6, 6.07) is 15.8. The molecule has 2 rings (SSSR count). The maximum Gasteiger partial charge on any atom is 0.119 e. The molecule has 2 aromatic carbocycles. The number of rotatable bonds is 10. The molecule has 0 atom stereocenters. The smallest absolute Gasteiger partial charge is 0.119 e. The van der Waals surface area contributed by atoms with Crippen molar-refractivity contribution >= 4 is 6.21 Å². The Hall–Kier alpha value is -2.33. The lowest BCUT2D eigenvalue weighted by Crippen LogP contribution is -1.96. The van der Waals surface area contributed by atoms with Gasteiger partial charge in [0.1, 0.15) is 18.1 Å². The van der Waals surface area contributed by atoms with Crippen molar-refractivity contribution in [2.45, 2.75) is 20.0 Å². The fraction of sp³-hybridized carbons (Fsp3) is 0.350. The van der Waals surface area contributed by atoms with Crippen LogP contribution in [0.25, 0.3) is 0 Å². The highest BCUT2D eigenvalue weighted by Gasteiger charge is 1.97. The van der Waals surface area contributed by atoms with E-state index in [1.807, 2.05) is 61.7 Å². The monoisotopic (exact) mass is 327 g/mol. The first-order valence-corrected chi connectivity index (χ1v) is 8.25. The zero-order valence-electron chi connectivity index (χ0n) is 14.4. The zero-order valence-corrected chi connectivity index (χ0v) is 14.4. The van der Waals surface area contributed by atoms with E-state index in [1.165, 1.54) is 0 Å². The maximum absolute atomic E-state index is 5.79. The second kappa shape index (κ2) is 10.4. The Bertz CT molecular complexity index is 606. The Morgan fingerprint density at radius 2 is 1.67 bits per heavy atom. The van der Waals surface area contributed by atoms with Crippen LogP contribution < -0.4 is 9.47 Å². The fourth-order valence-electron chi connectivity index (χ4n) is 2.11. The van der Waals surface area contributed by atoms with E-state index >= 15 is 0 Å². The van der Waals surface area contributed by atoms with Crippen LogP contribution in [0, 0.1) is 0 Å². The van der Waals surface area contributed by atoms with Crippen molar-refractivity contribution < 1.29 is 14.2 Å². The summed E-state index contributed by atoms with van der Waals surface area (Å²) >= 11 is 0. The molecule has 0 aliphatic heterocycles. The molecule has 0 bridgehead atoms. The van der Waals surface area contributed by atoms with Gasteiger partial charge in [0.2, 0.25) is 0 Å². The molecular weight excluding hydrogens is 302 g/mol. The molecule has 128 valence electrons. The molecule has 0 aromatic heterocycles. The van der Waals surface area contributed by atoms with Gasteiger partial charge in [-0.3, -0.25) is 4.99 Å². The van der Waals surface area contributed by atoms with Crippen LogP contribution in [0.4, 0.5) is 0 Å². The molecule has 0 saturated carbocycles. The van der Waals surface area contributed by atoms with E-state index in [-0.39, 0.29) is 0 Å². The minimum absolute atomic E-state index is 0.537. The molecule has 4 nitrogen and oxygen atoms in total. The molecule has 0 unspecified atom stereocenters. The predicted molar refractivity (Wildman–Crippen MR) is 97.3 cm³/mol. The van der Waals surface area contributed by atoms with E-state index < -0.39 is 0 Å². The number of aliphatic imine (C=N–C) groups is 1. The van der Waals surface area contributed by atoms with Gasteiger partial charge >= 0.3 is 0 Å². The average Bonchev–Trinajstić information content (AvgIpc) is 2.64. The Labute approximate surface area is 144 Å². The summed E-state index contributed by atoms with van der Waals surface area (Å²) in [5.74, 6) is 1.70. The lowest BCUT2D eigenvalue weighted by atomic mass is 10.2. The lowest BCUT2D eigenvalue weighted by molar-refractivity contribution is 0.146. The van der Waals surface area contributed by atoms with Crippen LogP contribution >= 0.6 is 0 Å². The van der Waals surface area contributed by atoms with Crippen molar-refractivity contribution in [2.75, 3.05) is 26.9 Å². The number of hydrogen-bond donors (Lipinski definition) is 0. The molecule has 0 saturated heterocycles. The van der Waals surface area contributed by atoms with E-state index in [9.17, 15) is 0 Å². The molecule has 0 fully saturated rings. The Balaban J connectivity index is 1.75. The Morgan fingerprint density at radius 1 is 0.958 bits per heavy atom. The van der Waals surface area contributed by atoms with Gasteiger partial charge in [0, 0.05) is 26.0 Å². The van der Waals surface area contributed by atoms with E-state index in [0.717, 1.165) is 48.8 Å². The summed E-state index contributed by atoms with van der Waals surface area (Å²) in [5.41, 5.74) is 2.18. The van der Waals surface area contributed by atoms with E-state index in [4.69, 9.17) is 14.2 Å². The molecule has 0 aliphatic rings. The van der Waals surface area contributed by atoms with Crippen LogP contribution in [0.3, 0.4) is 0 Å². The third-order valence-electron chi connectivity index (χ3n) is 3.47. The molecule has 0 aliphatic carbocycles. The molecule has 2 aromatic rings. The van der Waals surface area contributed by atoms with Crippen molar-refractivity contribution in [1.82, 2.24) is 0 Å². The van der Waals surface area contributed by atoms with Crippen LogP contribution in [-0.4, -0.2) is 33.1 Å². The van der Waals surface area contributed by atoms with Crippen LogP contribution in [0.5, 0.6) is 11.5 Å². The van der Waals surface area contributed by atoms with Gasteiger partial charge in [-0.15, -0.1) is 0 Å². The third-order valence-corrected chi connectivity index (χ3v) is 3.47. The van der Waals surface area contributed by atoms with Crippen molar-refractivity contribution in [3.05, 3.63) is 59.7 Å². The van der Waals surface area contributed by atoms with Gasteiger partial charge in [-0.05, 0) is 60.9 Å². The summed E-state index contributed by atoms with van der Waals surface area (Å²) in [6.07, 6.45) is 2.84. The van der Waals surface area contributed by atoms with E-state index in [1.54, 1.807) is 7.11 Å². The fourth-order valence-corrected chi connectivity index (χ4v) is 2.11.